The van der Waals surface area contributed by atoms with Crippen molar-refractivity contribution in [3.63, 3.8) is 0 Å². The van der Waals surface area contributed by atoms with Gasteiger partial charge in [0.15, 0.2) is 0 Å². The van der Waals surface area contributed by atoms with E-state index in [-0.39, 0.29) is 15.5 Å². The summed E-state index contributed by atoms with van der Waals surface area (Å²) in [7, 11) is -0.790. The smallest absolute Gasteiger partial charge is 0.255 e. The van der Waals surface area contributed by atoms with Crippen LogP contribution in [0.1, 0.15) is 15.9 Å². The molecule has 0 radical (unpaired) electrons. The van der Waals surface area contributed by atoms with E-state index in [1.165, 1.54) is 50.5 Å². The summed E-state index contributed by atoms with van der Waals surface area (Å²) in [6, 6.07) is 12.1. The highest BCUT2D eigenvalue weighted by atomic mass is 35.5. The molecule has 1 amide bonds. The number of halogens is 1. The minimum Gasteiger partial charge on any atom is -0.322 e. The van der Waals surface area contributed by atoms with Gasteiger partial charge in [-0.3, -0.25) is 4.79 Å². The number of hydrogen-bond donors (Lipinski definition) is 1. The molecule has 0 fully saturated rings. The molecule has 1 N–H and O–H groups in total. The molecule has 0 aliphatic rings. The summed E-state index contributed by atoms with van der Waals surface area (Å²) in [6.45, 7) is 0. The van der Waals surface area contributed by atoms with Crippen LogP contribution < -0.4 is 5.32 Å². The monoisotopic (exact) mass is 363 g/mol. The number of hydrogen-bond acceptors (Lipinski definition) is 4. The molecule has 0 saturated heterocycles. The lowest BCUT2D eigenvalue weighted by molar-refractivity contribution is 0.102. The van der Waals surface area contributed by atoms with Crippen LogP contribution in [0.2, 0.25) is 5.02 Å². The van der Waals surface area contributed by atoms with E-state index in [1.807, 2.05) is 6.07 Å². The van der Waals surface area contributed by atoms with Crippen molar-refractivity contribution in [1.29, 1.82) is 5.26 Å². The molecule has 0 bridgehead atoms. The van der Waals surface area contributed by atoms with E-state index < -0.39 is 15.9 Å². The topological polar surface area (TPSA) is 90.3 Å². The highest BCUT2D eigenvalue weighted by Gasteiger charge is 2.18. The molecule has 2 aromatic carbocycles. The number of amides is 1. The van der Waals surface area contributed by atoms with Gasteiger partial charge in [-0.2, -0.15) is 5.26 Å². The molecule has 0 aliphatic heterocycles. The molecule has 2 rings (SSSR count). The molecule has 0 saturated carbocycles. The van der Waals surface area contributed by atoms with Crippen LogP contribution >= 0.6 is 11.6 Å². The lowest BCUT2D eigenvalue weighted by atomic mass is 10.2. The number of nitrogens with zero attached hydrogens (tertiary/aromatic N) is 2. The lowest BCUT2D eigenvalue weighted by Gasteiger charge is -2.12. The van der Waals surface area contributed by atoms with Crippen LogP contribution in [0, 0.1) is 11.3 Å². The zero-order chi connectivity index (χ0) is 17.9. The number of carbonyl (C=O) groups is 1. The number of nitriles is 1. The van der Waals surface area contributed by atoms with Crippen LogP contribution in [0.25, 0.3) is 0 Å². The fourth-order valence-corrected chi connectivity index (χ4v) is 3.07. The average molecular weight is 364 g/mol. The Labute approximate surface area is 145 Å². The Bertz CT molecular complexity index is 934. The van der Waals surface area contributed by atoms with E-state index in [1.54, 1.807) is 6.07 Å². The summed E-state index contributed by atoms with van der Waals surface area (Å²) in [4.78, 5) is 12.3. The van der Waals surface area contributed by atoms with Gasteiger partial charge in [0.2, 0.25) is 10.0 Å². The van der Waals surface area contributed by atoms with Gasteiger partial charge in [0.25, 0.3) is 5.91 Å². The van der Waals surface area contributed by atoms with Crippen LogP contribution in [-0.2, 0) is 10.0 Å². The Morgan fingerprint density at radius 1 is 1.21 bits per heavy atom. The van der Waals surface area contributed by atoms with Crippen molar-refractivity contribution >= 4 is 33.2 Å². The molecule has 0 heterocycles. The van der Waals surface area contributed by atoms with E-state index in [2.05, 4.69) is 5.32 Å². The summed E-state index contributed by atoms with van der Waals surface area (Å²) in [5.41, 5.74) is 0.900. The summed E-state index contributed by atoms with van der Waals surface area (Å²) in [5.74, 6) is -0.480. The first-order valence-corrected chi connectivity index (χ1v) is 8.61. The Kier molecular flexibility index (Phi) is 5.24. The van der Waals surface area contributed by atoms with Gasteiger partial charge in [-0.1, -0.05) is 17.7 Å². The minimum absolute atomic E-state index is 0.0259. The number of sulfonamides is 1. The second kappa shape index (κ2) is 7.01. The molecule has 24 heavy (non-hydrogen) atoms. The van der Waals surface area contributed by atoms with Gasteiger partial charge in [-0.15, -0.1) is 0 Å². The van der Waals surface area contributed by atoms with E-state index in [0.717, 1.165) is 4.31 Å². The zero-order valence-corrected chi connectivity index (χ0v) is 14.5. The third kappa shape index (κ3) is 3.74. The third-order valence-corrected chi connectivity index (χ3v) is 5.35. The Morgan fingerprint density at radius 3 is 2.50 bits per heavy atom. The maximum absolute atomic E-state index is 12.3. The highest BCUT2D eigenvalue weighted by molar-refractivity contribution is 7.89. The maximum Gasteiger partial charge on any atom is 0.255 e. The van der Waals surface area contributed by atoms with Gasteiger partial charge in [-0.05, 0) is 36.4 Å². The van der Waals surface area contributed by atoms with Crippen molar-refractivity contribution < 1.29 is 13.2 Å². The first-order valence-electron chi connectivity index (χ1n) is 6.79. The van der Waals surface area contributed by atoms with Gasteiger partial charge < -0.3 is 5.32 Å². The fraction of sp³-hybridized carbons (Fsp3) is 0.125. The third-order valence-electron chi connectivity index (χ3n) is 3.22. The van der Waals surface area contributed by atoms with E-state index >= 15 is 0 Å². The summed E-state index contributed by atoms with van der Waals surface area (Å²) in [6.07, 6.45) is 0. The SMILES string of the molecule is CN(C)S(=O)(=O)c1cccc(C(=O)Nc2ccc(C#N)c(Cl)c2)c1. The second-order valence-electron chi connectivity index (χ2n) is 5.08. The quantitative estimate of drug-likeness (QED) is 0.904. The van der Waals surface area contributed by atoms with E-state index in [9.17, 15) is 13.2 Å². The van der Waals surface area contributed by atoms with Crippen LogP contribution in [0.5, 0.6) is 0 Å². The largest absolute Gasteiger partial charge is 0.322 e. The van der Waals surface area contributed by atoms with Crippen LogP contribution in [-0.4, -0.2) is 32.7 Å². The van der Waals surface area contributed by atoms with Crippen LogP contribution in [0.3, 0.4) is 0 Å². The summed E-state index contributed by atoms with van der Waals surface area (Å²) in [5, 5.41) is 11.7. The van der Waals surface area contributed by atoms with Crippen molar-refractivity contribution in [3.05, 3.63) is 58.6 Å². The molecule has 124 valence electrons. The first kappa shape index (κ1) is 17.9. The molecular formula is C16H14ClN3O3S. The van der Waals surface area contributed by atoms with Crippen molar-refractivity contribution in [2.24, 2.45) is 0 Å². The molecule has 2 aromatic rings. The van der Waals surface area contributed by atoms with Crippen molar-refractivity contribution in [3.8, 4) is 6.07 Å². The Morgan fingerprint density at radius 2 is 1.92 bits per heavy atom. The van der Waals surface area contributed by atoms with Crippen LogP contribution in [0.4, 0.5) is 5.69 Å². The van der Waals surface area contributed by atoms with Crippen molar-refractivity contribution in [2.45, 2.75) is 4.90 Å². The van der Waals surface area contributed by atoms with E-state index in [0.29, 0.717) is 11.3 Å². The molecule has 0 unspecified atom stereocenters. The minimum atomic E-state index is -3.63. The molecule has 8 heteroatoms. The van der Waals surface area contributed by atoms with Crippen LogP contribution in [0.15, 0.2) is 47.4 Å². The maximum atomic E-state index is 12.3. The average Bonchev–Trinajstić information content (AvgIpc) is 2.55. The fourth-order valence-electron chi connectivity index (χ4n) is 1.90. The van der Waals surface area contributed by atoms with Gasteiger partial charge in [0, 0.05) is 25.3 Å². The Balaban J connectivity index is 2.28. The number of carbonyl (C=O) groups excluding carboxylic acids is 1. The van der Waals surface area contributed by atoms with Crippen molar-refractivity contribution in [1.82, 2.24) is 4.31 Å². The molecule has 0 aromatic heterocycles. The van der Waals surface area contributed by atoms with E-state index in [4.69, 9.17) is 16.9 Å². The predicted molar refractivity (Wildman–Crippen MR) is 91.4 cm³/mol. The van der Waals surface area contributed by atoms with Gasteiger partial charge in [0.1, 0.15) is 6.07 Å². The molecule has 6 nitrogen and oxygen atoms in total. The summed E-state index contributed by atoms with van der Waals surface area (Å²) < 4.78 is 25.3. The predicted octanol–water partition coefficient (Wildman–Crippen LogP) is 2.71. The molecule has 0 aliphatic carbocycles. The number of anilines is 1. The lowest BCUT2D eigenvalue weighted by Crippen LogP contribution is -2.22. The number of rotatable bonds is 4. The molecular weight excluding hydrogens is 350 g/mol. The normalized spacial score (nSPS) is 11.1. The highest BCUT2D eigenvalue weighted by Crippen LogP contribution is 2.21. The number of benzene rings is 2. The van der Waals surface area contributed by atoms with Gasteiger partial charge >= 0.3 is 0 Å². The number of nitrogens with one attached hydrogen (secondary N) is 1. The van der Waals surface area contributed by atoms with Gasteiger partial charge in [-0.25, -0.2) is 12.7 Å². The van der Waals surface area contributed by atoms with Crippen molar-refractivity contribution in [2.75, 3.05) is 19.4 Å². The second-order valence-corrected chi connectivity index (χ2v) is 7.63. The zero-order valence-electron chi connectivity index (χ0n) is 12.9. The van der Waals surface area contributed by atoms with Gasteiger partial charge in [0.05, 0.1) is 15.5 Å². The standard InChI is InChI=1S/C16H14ClN3O3S/c1-20(2)24(22,23)14-5-3-4-11(8-14)16(21)19-13-7-6-12(10-18)15(17)9-13/h3-9H,1-2H3,(H,19,21). The Hall–Kier alpha value is -2.40. The first-order chi connectivity index (χ1) is 11.3. The summed E-state index contributed by atoms with van der Waals surface area (Å²) >= 11 is 5.92. The molecule has 0 spiro atoms. The molecule has 0 atom stereocenters.